The summed E-state index contributed by atoms with van der Waals surface area (Å²) in [5.41, 5.74) is 5.02. The Labute approximate surface area is 157 Å². The number of aryl methyl sites for hydroxylation is 2. The van der Waals surface area contributed by atoms with Crippen molar-refractivity contribution >= 4 is 5.91 Å². The molecule has 1 aromatic carbocycles. The number of hydrogen-bond donors (Lipinski definition) is 0. The van der Waals surface area contributed by atoms with Crippen molar-refractivity contribution < 1.29 is 4.79 Å². The van der Waals surface area contributed by atoms with Crippen LogP contribution >= 0.6 is 0 Å². The summed E-state index contributed by atoms with van der Waals surface area (Å²) >= 11 is 0. The monoisotopic (exact) mass is 353 g/mol. The van der Waals surface area contributed by atoms with Gasteiger partial charge in [0.05, 0.1) is 17.8 Å². The van der Waals surface area contributed by atoms with Crippen LogP contribution < -0.4 is 0 Å². The Kier molecular flexibility index (Phi) is 5.49. The molecule has 1 saturated carbocycles. The van der Waals surface area contributed by atoms with Gasteiger partial charge in [-0.2, -0.15) is 5.10 Å². The van der Waals surface area contributed by atoms with E-state index in [2.05, 4.69) is 43.2 Å². The zero-order valence-electron chi connectivity index (χ0n) is 16.7. The highest BCUT2D eigenvalue weighted by molar-refractivity contribution is 5.96. The first kappa shape index (κ1) is 18.7. The van der Waals surface area contributed by atoms with Crippen LogP contribution in [0.5, 0.6) is 0 Å². The molecule has 4 nitrogen and oxygen atoms in total. The van der Waals surface area contributed by atoms with Gasteiger partial charge in [-0.25, -0.2) is 0 Å². The van der Waals surface area contributed by atoms with Gasteiger partial charge in [0.1, 0.15) is 0 Å². The van der Waals surface area contributed by atoms with Gasteiger partial charge in [-0.15, -0.1) is 0 Å². The van der Waals surface area contributed by atoms with E-state index in [1.165, 1.54) is 24.0 Å². The fourth-order valence-corrected chi connectivity index (χ4v) is 4.00. The number of benzene rings is 1. The van der Waals surface area contributed by atoms with Crippen LogP contribution in [-0.2, 0) is 6.54 Å². The van der Waals surface area contributed by atoms with E-state index in [9.17, 15) is 4.79 Å². The van der Waals surface area contributed by atoms with Crippen molar-refractivity contribution in [2.45, 2.75) is 66.0 Å². The smallest absolute Gasteiger partial charge is 0.257 e. The summed E-state index contributed by atoms with van der Waals surface area (Å²) in [6.07, 6.45) is 4.65. The lowest BCUT2D eigenvalue weighted by atomic mass is 9.86. The highest BCUT2D eigenvalue weighted by atomic mass is 16.2. The second kappa shape index (κ2) is 7.65. The minimum atomic E-state index is 0.120. The Bertz CT molecular complexity index is 767. The summed E-state index contributed by atoms with van der Waals surface area (Å²) in [7, 11) is 1.96. The molecule has 0 aliphatic heterocycles. The summed E-state index contributed by atoms with van der Waals surface area (Å²) < 4.78 is 1.96. The van der Waals surface area contributed by atoms with E-state index < -0.39 is 0 Å². The Hall–Kier alpha value is -2.10. The molecule has 140 valence electrons. The predicted octanol–water partition coefficient (Wildman–Crippen LogP) is 4.51. The van der Waals surface area contributed by atoms with Crippen LogP contribution in [-0.4, -0.2) is 33.7 Å². The highest BCUT2D eigenvalue weighted by Gasteiger charge is 2.28. The third kappa shape index (κ3) is 3.84. The lowest BCUT2D eigenvalue weighted by Crippen LogP contribution is -2.39. The minimum Gasteiger partial charge on any atom is -0.339 e. The number of nitrogens with zero attached hydrogens (tertiary/aromatic N) is 3. The third-order valence-electron chi connectivity index (χ3n) is 5.90. The standard InChI is InChI=1S/C22H31N3O/c1-15-6-10-19(11-7-15)14-25-18(4)21(17(3)23-25)22(26)24(5)20-12-8-16(2)9-13-20/h6-7,10-11,16,20H,8-9,12-14H2,1-5H3. The first-order valence-corrected chi connectivity index (χ1v) is 9.73. The van der Waals surface area contributed by atoms with Crippen LogP contribution in [0.25, 0.3) is 0 Å². The predicted molar refractivity (Wildman–Crippen MR) is 105 cm³/mol. The molecule has 0 N–H and O–H groups in total. The number of hydrogen-bond acceptors (Lipinski definition) is 2. The summed E-state index contributed by atoms with van der Waals surface area (Å²) in [5.74, 6) is 0.908. The van der Waals surface area contributed by atoms with Gasteiger partial charge >= 0.3 is 0 Å². The molecule has 2 aromatic rings. The van der Waals surface area contributed by atoms with Crippen LogP contribution in [0.2, 0.25) is 0 Å². The van der Waals surface area contributed by atoms with E-state index in [4.69, 9.17) is 0 Å². The van der Waals surface area contributed by atoms with E-state index in [-0.39, 0.29) is 5.91 Å². The molecule has 0 atom stereocenters. The van der Waals surface area contributed by atoms with Crippen molar-refractivity contribution in [3.05, 3.63) is 52.3 Å². The molecular formula is C22H31N3O. The zero-order chi connectivity index (χ0) is 18.8. The van der Waals surface area contributed by atoms with Crippen molar-refractivity contribution in [2.75, 3.05) is 7.05 Å². The topological polar surface area (TPSA) is 38.1 Å². The van der Waals surface area contributed by atoms with Crippen molar-refractivity contribution in [3.63, 3.8) is 0 Å². The number of rotatable bonds is 4. The van der Waals surface area contributed by atoms with Crippen LogP contribution in [0.3, 0.4) is 0 Å². The Balaban J connectivity index is 1.78. The average molecular weight is 354 g/mol. The maximum atomic E-state index is 13.2. The van der Waals surface area contributed by atoms with E-state index >= 15 is 0 Å². The second-order valence-electron chi connectivity index (χ2n) is 8.02. The highest BCUT2D eigenvalue weighted by Crippen LogP contribution is 2.28. The largest absolute Gasteiger partial charge is 0.339 e. The summed E-state index contributed by atoms with van der Waals surface area (Å²) in [6, 6.07) is 8.85. The minimum absolute atomic E-state index is 0.120. The van der Waals surface area contributed by atoms with Crippen molar-refractivity contribution in [2.24, 2.45) is 5.92 Å². The SMILES string of the molecule is Cc1ccc(Cn2nc(C)c(C(=O)N(C)C3CCC(C)CC3)c2C)cc1. The van der Waals surface area contributed by atoms with Gasteiger partial charge in [-0.3, -0.25) is 9.48 Å². The molecule has 0 radical (unpaired) electrons. The van der Waals surface area contributed by atoms with Crippen molar-refractivity contribution in [1.29, 1.82) is 0 Å². The van der Waals surface area contributed by atoms with E-state index in [0.717, 1.165) is 35.7 Å². The molecule has 0 saturated heterocycles. The lowest BCUT2D eigenvalue weighted by molar-refractivity contribution is 0.0678. The summed E-state index contributed by atoms with van der Waals surface area (Å²) in [4.78, 5) is 15.1. The molecule has 26 heavy (non-hydrogen) atoms. The third-order valence-corrected chi connectivity index (χ3v) is 5.90. The molecule has 0 unspecified atom stereocenters. The van der Waals surface area contributed by atoms with Crippen molar-refractivity contribution in [3.8, 4) is 0 Å². The quantitative estimate of drug-likeness (QED) is 0.811. The number of carbonyl (C=O) groups is 1. The molecule has 0 bridgehead atoms. The molecule has 4 heteroatoms. The number of carbonyl (C=O) groups excluding carboxylic acids is 1. The van der Waals surface area contributed by atoms with Gasteiger partial charge in [0.15, 0.2) is 0 Å². The van der Waals surface area contributed by atoms with Gasteiger partial charge in [0, 0.05) is 18.8 Å². The van der Waals surface area contributed by atoms with Gasteiger partial charge in [0.2, 0.25) is 0 Å². The summed E-state index contributed by atoms with van der Waals surface area (Å²) in [5, 5.41) is 4.66. The molecule has 1 aliphatic carbocycles. The van der Waals surface area contributed by atoms with Crippen LogP contribution in [0, 0.1) is 26.7 Å². The Morgan fingerprint density at radius 1 is 1.12 bits per heavy atom. The number of aromatic nitrogens is 2. The molecule has 1 heterocycles. The van der Waals surface area contributed by atoms with Gasteiger partial charge < -0.3 is 4.90 Å². The van der Waals surface area contributed by atoms with Crippen LogP contribution in [0.4, 0.5) is 0 Å². The second-order valence-corrected chi connectivity index (χ2v) is 8.02. The fraction of sp³-hybridized carbons (Fsp3) is 0.545. The fourth-order valence-electron chi connectivity index (χ4n) is 4.00. The molecular weight excluding hydrogens is 322 g/mol. The molecule has 1 fully saturated rings. The van der Waals surface area contributed by atoms with Crippen LogP contribution in [0.15, 0.2) is 24.3 Å². The van der Waals surface area contributed by atoms with Crippen LogP contribution in [0.1, 0.15) is 65.5 Å². The molecule has 1 amide bonds. The Morgan fingerprint density at radius 3 is 2.35 bits per heavy atom. The van der Waals surface area contributed by atoms with Crippen molar-refractivity contribution in [1.82, 2.24) is 14.7 Å². The maximum Gasteiger partial charge on any atom is 0.257 e. The van der Waals surface area contributed by atoms with E-state index in [1.54, 1.807) is 0 Å². The molecule has 0 spiro atoms. The normalized spacial score (nSPS) is 20.2. The molecule has 1 aromatic heterocycles. The van der Waals surface area contributed by atoms with E-state index in [1.807, 2.05) is 30.5 Å². The van der Waals surface area contributed by atoms with E-state index in [0.29, 0.717) is 12.6 Å². The first-order valence-electron chi connectivity index (χ1n) is 9.73. The van der Waals surface area contributed by atoms with Gasteiger partial charge in [0.25, 0.3) is 5.91 Å². The Morgan fingerprint density at radius 2 is 1.73 bits per heavy atom. The summed E-state index contributed by atoms with van der Waals surface area (Å²) in [6.45, 7) is 9.05. The average Bonchev–Trinajstić information content (AvgIpc) is 2.90. The van der Waals surface area contributed by atoms with Gasteiger partial charge in [-0.05, 0) is 57.9 Å². The molecule has 1 aliphatic rings. The number of amides is 1. The zero-order valence-corrected chi connectivity index (χ0v) is 16.7. The first-order chi connectivity index (χ1) is 12.4. The maximum absolute atomic E-state index is 13.2. The molecule has 3 rings (SSSR count). The lowest BCUT2D eigenvalue weighted by Gasteiger charge is -2.33. The van der Waals surface area contributed by atoms with Gasteiger partial charge in [-0.1, -0.05) is 36.8 Å².